The molecule has 3 aromatic heterocycles. The van der Waals surface area contributed by atoms with Crippen molar-refractivity contribution in [3.63, 3.8) is 0 Å². The second-order valence-corrected chi connectivity index (χ2v) is 7.61. The first kappa shape index (κ1) is 18.0. The number of amides is 2. The minimum absolute atomic E-state index is 0.165. The molecule has 2 amide bonds. The highest BCUT2D eigenvalue weighted by Crippen LogP contribution is 2.27. The van der Waals surface area contributed by atoms with E-state index < -0.39 is 17.4 Å². The van der Waals surface area contributed by atoms with Gasteiger partial charge in [-0.25, -0.2) is 9.97 Å². The summed E-state index contributed by atoms with van der Waals surface area (Å²) in [5.74, 6) is -1.24. The van der Waals surface area contributed by atoms with E-state index in [2.05, 4.69) is 20.8 Å². The average molecular weight is 411 g/mol. The van der Waals surface area contributed by atoms with Gasteiger partial charge in [-0.15, -0.1) is 22.7 Å². The van der Waals surface area contributed by atoms with E-state index in [1.54, 1.807) is 12.3 Å². The van der Waals surface area contributed by atoms with Crippen molar-refractivity contribution in [2.75, 3.05) is 0 Å². The molecule has 8 nitrogen and oxygen atoms in total. The van der Waals surface area contributed by atoms with E-state index in [1.165, 1.54) is 39.5 Å². The highest BCUT2D eigenvalue weighted by molar-refractivity contribution is 7.17. The van der Waals surface area contributed by atoms with E-state index >= 15 is 0 Å². The Hall–Kier alpha value is -3.37. The largest absolute Gasteiger partial charge is 0.281 e. The maximum atomic E-state index is 12.4. The van der Waals surface area contributed by atoms with E-state index in [9.17, 15) is 14.4 Å². The molecule has 0 bridgehead atoms. The molecule has 3 heterocycles. The monoisotopic (exact) mass is 411 g/mol. The van der Waals surface area contributed by atoms with Crippen LogP contribution in [0.4, 0.5) is 0 Å². The Morgan fingerprint density at radius 1 is 1.11 bits per heavy atom. The lowest BCUT2D eigenvalue weighted by Gasteiger charge is -2.06. The van der Waals surface area contributed by atoms with Crippen LogP contribution in [0.1, 0.15) is 25.7 Å². The predicted molar refractivity (Wildman–Crippen MR) is 107 cm³/mol. The van der Waals surface area contributed by atoms with Gasteiger partial charge in [-0.05, 0) is 6.92 Å². The third-order valence-electron chi connectivity index (χ3n) is 3.90. The normalized spacial score (nSPS) is 10.8. The van der Waals surface area contributed by atoms with Crippen molar-refractivity contribution >= 4 is 39.4 Å². The SMILES string of the molecule is Cc1nc(-c2ccccc2)sc1C(=O)NNC(=O)c1cnc2sccn2c1=O. The number of hydrazine groups is 1. The van der Waals surface area contributed by atoms with E-state index in [1.807, 2.05) is 30.3 Å². The molecule has 10 heteroatoms. The van der Waals surface area contributed by atoms with Crippen LogP contribution in [0.2, 0.25) is 0 Å². The summed E-state index contributed by atoms with van der Waals surface area (Å²) in [7, 11) is 0. The summed E-state index contributed by atoms with van der Waals surface area (Å²) >= 11 is 2.51. The number of aryl methyl sites for hydroxylation is 1. The second-order valence-electron chi connectivity index (χ2n) is 5.74. The van der Waals surface area contributed by atoms with Crippen LogP contribution in [-0.2, 0) is 0 Å². The van der Waals surface area contributed by atoms with Crippen LogP contribution in [0.5, 0.6) is 0 Å². The molecule has 4 aromatic rings. The van der Waals surface area contributed by atoms with E-state index in [-0.39, 0.29) is 5.56 Å². The molecule has 0 atom stereocenters. The molecule has 28 heavy (non-hydrogen) atoms. The highest BCUT2D eigenvalue weighted by Gasteiger charge is 2.18. The van der Waals surface area contributed by atoms with E-state index in [0.29, 0.717) is 20.5 Å². The number of thiazole rings is 2. The molecule has 0 aliphatic heterocycles. The molecular formula is C18H13N5O3S2. The van der Waals surface area contributed by atoms with Gasteiger partial charge in [0.25, 0.3) is 17.4 Å². The Kier molecular flexibility index (Phi) is 4.72. The Morgan fingerprint density at radius 3 is 2.64 bits per heavy atom. The molecule has 0 radical (unpaired) electrons. The van der Waals surface area contributed by atoms with Crippen molar-refractivity contribution in [3.05, 3.63) is 74.6 Å². The number of rotatable bonds is 3. The number of nitrogens with zero attached hydrogens (tertiary/aromatic N) is 3. The quantitative estimate of drug-likeness (QED) is 0.503. The van der Waals surface area contributed by atoms with Crippen molar-refractivity contribution in [1.29, 1.82) is 0 Å². The Bertz CT molecular complexity index is 1240. The van der Waals surface area contributed by atoms with Gasteiger partial charge in [-0.2, -0.15) is 0 Å². The first-order valence-electron chi connectivity index (χ1n) is 8.13. The summed E-state index contributed by atoms with van der Waals surface area (Å²) in [6.07, 6.45) is 2.73. The van der Waals surface area contributed by atoms with Crippen LogP contribution in [0.25, 0.3) is 15.5 Å². The van der Waals surface area contributed by atoms with Gasteiger partial charge in [-0.3, -0.25) is 29.6 Å². The lowest BCUT2D eigenvalue weighted by atomic mass is 10.2. The molecule has 140 valence electrons. The van der Waals surface area contributed by atoms with Crippen LogP contribution >= 0.6 is 22.7 Å². The lowest BCUT2D eigenvalue weighted by Crippen LogP contribution is -2.43. The highest BCUT2D eigenvalue weighted by atomic mass is 32.1. The zero-order valence-electron chi connectivity index (χ0n) is 14.5. The molecule has 0 spiro atoms. The fourth-order valence-corrected chi connectivity index (χ4v) is 4.17. The Morgan fingerprint density at radius 2 is 1.86 bits per heavy atom. The minimum Gasteiger partial charge on any atom is -0.268 e. The van der Waals surface area contributed by atoms with Gasteiger partial charge in [0.2, 0.25) is 0 Å². The molecule has 0 aliphatic rings. The smallest absolute Gasteiger partial charge is 0.268 e. The molecule has 1 aromatic carbocycles. The number of nitrogens with one attached hydrogen (secondary N) is 2. The number of carbonyl (C=O) groups is 2. The number of hydrogen-bond acceptors (Lipinski definition) is 7. The van der Waals surface area contributed by atoms with Crippen LogP contribution in [-0.4, -0.2) is 26.2 Å². The summed E-state index contributed by atoms with van der Waals surface area (Å²) in [6.45, 7) is 1.72. The number of fused-ring (bicyclic) bond motifs is 1. The predicted octanol–water partition coefficient (Wildman–Crippen LogP) is 2.26. The van der Waals surface area contributed by atoms with Gasteiger partial charge < -0.3 is 0 Å². The van der Waals surface area contributed by atoms with Crippen LogP contribution in [0, 0.1) is 6.92 Å². The van der Waals surface area contributed by atoms with Crippen LogP contribution in [0.15, 0.2) is 52.9 Å². The van der Waals surface area contributed by atoms with Crippen LogP contribution in [0.3, 0.4) is 0 Å². The zero-order chi connectivity index (χ0) is 19.7. The fraction of sp³-hybridized carbons (Fsp3) is 0.0556. The second kappa shape index (κ2) is 7.33. The Balaban J connectivity index is 1.50. The van der Waals surface area contributed by atoms with Gasteiger partial charge in [0.1, 0.15) is 15.4 Å². The molecule has 0 saturated heterocycles. The van der Waals surface area contributed by atoms with Gasteiger partial charge in [0, 0.05) is 23.3 Å². The summed E-state index contributed by atoms with van der Waals surface area (Å²) in [6, 6.07) is 9.50. The molecule has 0 unspecified atom stereocenters. The topological polar surface area (TPSA) is 105 Å². The summed E-state index contributed by atoms with van der Waals surface area (Å²) < 4.78 is 1.28. The average Bonchev–Trinajstić information content (AvgIpc) is 3.34. The molecule has 4 rings (SSSR count). The Labute approximate surface area is 166 Å². The minimum atomic E-state index is -0.739. The van der Waals surface area contributed by atoms with Gasteiger partial charge in [-0.1, -0.05) is 30.3 Å². The zero-order valence-corrected chi connectivity index (χ0v) is 16.1. The fourth-order valence-electron chi connectivity index (χ4n) is 2.53. The van der Waals surface area contributed by atoms with Crippen molar-refractivity contribution in [2.45, 2.75) is 6.92 Å². The third kappa shape index (κ3) is 3.30. The van der Waals surface area contributed by atoms with E-state index in [4.69, 9.17) is 0 Å². The summed E-state index contributed by atoms with van der Waals surface area (Å²) in [5.41, 5.74) is 5.38. The molecule has 2 N–H and O–H groups in total. The lowest BCUT2D eigenvalue weighted by molar-refractivity contribution is 0.0847. The molecule has 0 saturated carbocycles. The number of hydrogen-bond donors (Lipinski definition) is 2. The van der Waals surface area contributed by atoms with E-state index in [0.717, 1.165) is 5.56 Å². The molecular weight excluding hydrogens is 398 g/mol. The molecule has 0 fully saturated rings. The first-order chi connectivity index (χ1) is 13.5. The van der Waals surface area contributed by atoms with Crippen LogP contribution < -0.4 is 16.4 Å². The van der Waals surface area contributed by atoms with Crippen molar-refractivity contribution in [1.82, 2.24) is 25.2 Å². The van der Waals surface area contributed by atoms with Crippen molar-refractivity contribution < 1.29 is 9.59 Å². The first-order valence-corrected chi connectivity index (χ1v) is 9.82. The maximum absolute atomic E-state index is 12.4. The standard InChI is InChI=1S/C18H13N5O3S2/c1-10-13(28-16(20-10)11-5-3-2-4-6-11)15(25)22-21-14(24)12-9-19-18-23(17(12)26)7-8-27-18/h2-9H,1H3,(H,21,24)(H,22,25). The van der Waals surface area contributed by atoms with Gasteiger partial charge >= 0.3 is 0 Å². The van der Waals surface area contributed by atoms with Crippen molar-refractivity contribution in [2.24, 2.45) is 0 Å². The summed E-state index contributed by atoms with van der Waals surface area (Å²) in [4.78, 5) is 46.4. The van der Waals surface area contributed by atoms with Gasteiger partial charge in [0.05, 0.1) is 5.69 Å². The summed E-state index contributed by atoms with van der Waals surface area (Å²) in [5, 5.41) is 2.41. The maximum Gasteiger partial charge on any atom is 0.281 e. The number of carbonyl (C=O) groups excluding carboxylic acids is 2. The molecule has 0 aliphatic carbocycles. The number of benzene rings is 1. The third-order valence-corrected chi connectivity index (χ3v) is 5.88. The van der Waals surface area contributed by atoms with Gasteiger partial charge in [0.15, 0.2) is 4.96 Å². The van der Waals surface area contributed by atoms with Crippen molar-refractivity contribution in [3.8, 4) is 10.6 Å². The number of aromatic nitrogens is 3.